The number of aromatic nitrogens is 2. The zero-order valence-corrected chi connectivity index (χ0v) is 17.1. The lowest BCUT2D eigenvalue weighted by Gasteiger charge is -2.29. The van der Waals surface area contributed by atoms with E-state index in [1.54, 1.807) is 23.6 Å². The number of aliphatic imine (C=N–C) groups is 1. The zero-order valence-electron chi connectivity index (χ0n) is 15.6. The average Bonchev–Trinajstić information content (AvgIpc) is 3.22. The van der Waals surface area contributed by atoms with Crippen LogP contribution in [0.3, 0.4) is 0 Å². The second-order valence-electron chi connectivity index (χ2n) is 6.73. The summed E-state index contributed by atoms with van der Waals surface area (Å²) in [5.41, 5.74) is 10.3. The molecule has 8 heteroatoms. The number of aryl methyl sites for hydroxylation is 1. The molecule has 6 nitrogen and oxygen atoms in total. The van der Waals surface area contributed by atoms with Crippen molar-refractivity contribution in [2.45, 2.75) is 6.92 Å². The van der Waals surface area contributed by atoms with Gasteiger partial charge in [-0.2, -0.15) is 0 Å². The summed E-state index contributed by atoms with van der Waals surface area (Å²) >= 11 is 7.51. The normalized spacial score (nSPS) is 13.3. The molecule has 0 saturated heterocycles. The smallest absolute Gasteiger partial charge is 0.139 e. The molecule has 5 rings (SSSR count). The van der Waals surface area contributed by atoms with Crippen molar-refractivity contribution in [1.29, 1.82) is 0 Å². The predicted molar refractivity (Wildman–Crippen MR) is 121 cm³/mol. The Labute approximate surface area is 176 Å². The number of nitrogens with zero attached hydrogens (tertiary/aromatic N) is 4. The highest BCUT2D eigenvalue weighted by molar-refractivity contribution is 7.12. The molecule has 0 fully saturated rings. The van der Waals surface area contributed by atoms with Crippen molar-refractivity contribution in [3.63, 3.8) is 0 Å². The lowest BCUT2D eigenvalue weighted by molar-refractivity contribution is 0.965. The first-order valence-electron chi connectivity index (χ1n) is 9.04. The maximum Gasteiger partial charge on any atom is 0.139 e. The lowest BCUT2D eigenvalue weighted by Crippen LogP contribution is -2.28. The number of rotatable bonds is 3. The Morgan fingerprint density at radius 3 is 2.83 bits per heavy atom. The van der Waals surface area contributed by atoms with Crippen LogP contribution < -0.4 is 16.0 Å². The average molecular weight is 421 g/mol. The predicted octanol–water partition coefficient (Wildman–Crippen LogP) is 5.21. The van der Waals surface area contributed by atoms with E-state index in [1.807, 2.05) is 23.7 Å². The summed E-state index contributed by atoms with van der Waals surface area (Å²) < 4.78 is 0. The monoisotopic (exact) mass is 420 g/mol. The molecule has 0 saturated carbocycles. The third-order valence-corrected chi connectivity index (χ3v) is 6.08. The number of hydrogen-bond donors (Lipinski definition) is 2. The van der Waals surface area contributed by atoms with Crippen molar-refractivity contribution in [3.8, 4) is 0 Å². The van der Waals surface area contributed by atoms with Gasteiger partial charge >= 0.3 is 0 Å². The number of pyridine rings is 2. The van der Waals surface area contributed by atoms with Gasteiger partial charge in [-0.1, -0.05) is 23.7 Å². The van der Waals surface area contributed by atoms with Gasteiger partial charge in [0.05, 0.1) is 28.1 Å². The number of hydrogen-bond acceptors (Lipinski definition) is 7. The first kappa shape index (κ1) is 17.9. The molecule has 4 aromatic rings. The van der Waals surface area contributed by atoms with Gasteiger partial charge in [0, 0.05) is 17.0 Å². The number of anilines is 4. The molecule has 0 spiro atoms. The third-order valence-electron chi connectivity index (χ3n) is 4.93. The molecule has 3 aromatic heterocycles. The Hall–Kier alpha value is -3.16. The molecular formula is C21H17ClN6S. The molecule has 4 heterocycles. The first-order chi connectivity index (χ1) is 14.1. The van der Waals surface area contributed by atoms with Crippen LogP contribution in [0, 0.1) is 6.92 Å². The fraction of sp³-hybridized carbons (Fsp3) is 0.0952. The fourth-order valence-corrected chi connectivity index (χ4v) is 4.51. The molecule has 29 heavy (non-hydrogen) atoms. The Kier molecular flexibility index (Phi) is 4.34. The molecule has 0 aliphatic carbocycles. The SMILES string of the molecule is Cc1ccc2c(Nc3ccc(Cl)nc3)nccc2c1N1CN=C(N)c2sccc21. The van der Waals surface area contributed by atoms with E-state index in [0.29, 0.717) is 17.7 Å². The summed E-state index contributed by atoms with van der Waals surface area (Å²) in [5.74, 6) is 1.36. The molecule has 1 aliphatic heterocycles. The van der Waals surface area contributed by atoms with Crippen molar-refractivity contribution in [1.82, 2.24) is 9.97 Å². The number of benzene rings is 1. The maximum atomic E-state index is 6.10. The van der Waals surface area contributed by atoms with Gasteiger partial charge in [0.25, 0.3) is 0 Å². The highest BCUT2D eigenvalue weighted by atomic mass is 35.5. The number of nitrogens with one attached hydrogen (secondary N) is 1. The molecule has 0 bridgehead atoms. The van der Waals surface area contributed by atoms with E-state index in [2.05, 4.69) is 50.3 Å². The van der Waals surface area contributed by atoms with E-state index < -0.39 is 0 Å². The summed E-state index contributed by atoms with van der Waals surface area (Å²) in [7, 11) is 0. The van der Waals surface area contributed by atoms with E-state index in [4.69, 9.17) is 17.3 Å². The molecule has 0 amide bonds. The molecule has 1 aromatic carbocycles. The second kappa shape index (κ2) is 7.02. The topological polar surface area (TPSA) is 79.4 Å². The van der Waals surface area contributed by atoms with Crippen molar-refractivity contribution in [2.75, 3.05) is 16.9 Å². The van der Waals surface area contributed by atoms with Gasteiger partial charge in [-0.05, 0) is 42.1 Å². The third kappa shape index (κ3) is 3.08. The Bertz CT molecular complexity index is 1250. The van der Waals surface area contributed by atoms with Gasteiger partial charge in [0.1, 0.15) is 23.5 Å². The Morgan fingerprint density at radius 1 is 1.10 bits per heavy atom. The number of thiophene rings is 1. The molecule has 0 radical (unpaired) electrons. The van der Waals surface area contributed by atoms with Crippen LogP contribution in [0.5, 0.6) is 0 Å². The van der Waals surface area contributed by atoms with Gasteiger partial charge in [0.2, 0.25) is 0 Å². The summed E-state index contributed by atoms with van der Waals surface area (Å²) in [5, 5.41) is 7.96. The van der Waals surface area contributed by atoms with Crippen LogP contribution in [-0.4, -0.2) is 22.5 Å². The highest BCUT2D eigenvalue weighted by Crippen LogP contribution is 2.41. The van der Waals surface area contributed by atoms with Gasteiger partial charge in [-0.15, -0.1) is 11.3 Å². The lowest BCUT2D eigenvalue weighted by atomic mass is 10.0. The van der Waals surface area contributed by atoms with Crippen LogP contribution in [0.2, 0.25) is 5.15 Å². The van der Waals surface area contributed by atoms with E-state index in [-0.39, 0.29) is 0 Å². The van der Waals surface area contributed by atoms with Gasteiger partial charge in [-0.25, -0.2) is 15.0 Å². The van der Waals surface area contributed by atoms with E-state index >= 15 is 0 Å². The molecular weight excluding hydrogens is 404 g/mol. The Morgan fingerprint density at radius 2 is 2.00 bits per heavy atom. The Balaban J connectivity index is 1.64. The van der Waals surface area contributed by atoms with Crippen molar-refractivity contribution in [3.05, 3.63) is 69.8 Å². The van der Waals surface area contributed by atoms with E-state index in [0.717, 1.165) is 44.1 Å². The highest BCUT2D eigenvalue weighted by Gasteiger charge is 2.24. The minimum absolute atomic E-state index is 0.454. The van der Waals surface area contributed by atoms with E-state index in [9.17, 15) is 0 Å². The van der Waals surface area contributed by atoms with Crippen molar-refractivity contribution < 1.29 is 0 Å². The summed E-state index contributed by atoms with van der Waals surface area (Å²) in [4.78, 5) is 16.4. The van der Waals surface area contributed by atoms with Gasteiger partial charge in [-0.3, -0.25) is 0 Å². The molecule has 0 unspecified atom stereocenters. The quantitative estimate of drug-likeness (QED) is 0.444. The minimum atomic E-state index is 0.454. The maximum absolute atomic E-state index is 6.10. The number of amidine groups is 1. The zero-order chi connectivity index (χ0) is 20.0. The summed E-state index contributed by atoms with van der Waals surface area (Å²) in [6.45, 7) is 2.60. The van der Waals surface area contributed by atoms with Gasteiger partial charge < -0.3 is 16.0 Å². The van der Waals surface area contributed by atoms with Gasteiger partial charge in [0.15, 0.2) is 0 Å². The van der Waals surface area contributed by atoms with E-state index in [1.165, 1.54) is 0 Å². The largest absolute Gasteiger partial charge is 0.383 e. The summed E-state index contributed by atoms with van der Waals surface area (Å²) in [6.07, 6.45) is 3.50. The molecule has 3 N–H and O–H groups in total. The number of fused-ring (bicyclic) bond motifs is 2. The van der Waals surface area contributed by atoms with Crippen molar-refractivity contribution >= 4 is 62.4 Å². The van der Waals surface area contributed by atoms with Crippen LogP contribution >= 0.6 is 22.9 Å². The molecule has 144 valence electrons. The van der Waals surface area contributed by atoms with Crippen LogP contribution in [0.1, 0.15) is 10.4 Å². The molecule has 1 aliphatic rings. The second-order valence-corrected chi connectivity index (χ2v) is 8.03. The van der Waals surface area contributed by atoms with Crippen LogP contribution in [-0.2, 0) is 0 Å². The number of nitrogens with two attached hydrogens (primary N) is 1. The van der Waals surface area contributed by atoms with Crippen molar-refractivity contribution in [2.24, 2.45) is 10.7 Å². The first-order valence-corrected chi connectivity index (χ1v) is 10.3. The summed E-state index contributed by atoms with van der Waals surface area (Å²) in [6, 6.07) is 12.0. The minimum Gasteiger partial charge on any atom is -0.383 e. The molecule has 0 atom stereocenters. The standard InChI is InChI=1S/C21H17ClN6S/c1-12-2-4-15-14(6-8-24-21(15)27-13-3-5-17(22)25-10-13)18(12)28-11-26-20(23)19-16(28)7-9-29-19/h2-10H,11H2,1H3,(H2,23,26)(H,24,27). The van der Waals surface area contributed by atoms with Crippen LogP contribution in [0.15, 0.2) is 59.2 Å². The van der Waals surface area contributed by atoms with Crippen LogP contribution in [0.4, 0.5) is 22.9 Å². The number of halogens is 1. The fourth-order valence-electron chi connectivity index (χ4n) is 3.59. The van der Waals surface area contributed by atoms with Crippen LogP contribution in [0.25, 0.3) is 10.8 Å².